The molecule has 148 valence electrons. The highest BCUT2D eigenvalue weighted by atomic mass is 16.2. The molecule has 1 aliphatic rings. The second-order valence-electron chi connectivity index (χ2n) is 7.61. The second-order valence-corrected chi connectivity index (χ2v) is 7.61. The Morgan fingerprint density at radius 1 is 1.20 bits per heavy atom. The number of likely N-dealkylation sites (tertiary alicyclic amines) is 1. The molecule has 3 aromatic heterocycles. The van der Waals surface area contributed by atoms with Crippen LogP contribution in [0.5, 0.6) is 0 Å². The molecule has 0 saturated carbocycles. The molecule has 1 aliphatic heterocycles. The molecule has 8 nitrogen and oxygen atoms in total. The van der Waals surface area contributed by atoms with Crippen molar-refractivity contribution in [2.75, 3.05) is 13.1 Å². The minimum absolute atomic E-state index is 0.0620. The summed E-state index contributed by atoms with van der Waals surface area (Å²) in [6.45, 7) is 0.938. The van der Waals surface area contributed by atoms with Gasteiger partial charge in [-0.15, -0.1) is 0 Å². The third-order valence-corrected chi connectivity index (χ3v) is 5.63. The average molecular weight is 397 g/mol. The second kappa shape index (κ2) is 7.12. The highest BCUT2D eigenvalue weighted by molar-refractivity contribution is 5.90. The van der Waals surface area contributed by atoms with Crippen LogP contribution in [0.3, 0.4) is 0 Å². The van der Waals surface area contributed by atoms with Crippen molar-refractivity contribution in [1.29, 1.82) is 5.26 Å². The van der Waals surface area contributed by atoms with Crippen LogP contribution in [0.2, 0.25) is 0 Å². The van der Waals surface area contributed by atoms with Gasteiger partial charge >= 0.3 is 0 Å². The summed E-state index contributed by atoms with van der Waals surface area (Å²) in [4.78, 5) is 26.2. The molecule has 8 heteroatoms. The summed E-state index contributed by atoms with van der Waals surface area (Å²) in [5.74, 6) is 0.0620. The minimum atomic E-state index is -0.510. The van der Waals surface area contributed by atoms with Gasteiger partial charge in [0.25, 0.3) is 0 Å². The van der Waals surface area contributed by atoms with Gasteiger partial charge in [-0.1, -0.05) is 30.3 Å². The van der Waals surface area contributed by atoms with Crippen LogP contribution >= 0.6 is 0 Å². The van der Waals surface area contributed by atoms with E-state index < -0.39 is 5.54 Å². The molecule has 30 heavy (non-hydrogen) atoms. The molecule has 0 atom stereocenters. The van der Waals surface area contributed by atoms with Gasteiger partial charge in [-0.3, -0.25) is 9.48 Å². The van der Waals surface area contributed by atoms with Crippen LogP contribution in [-0.4, -0.2) is 48.6 Å². The molecule has 0 spiro atoms. The number of hydrogen-bond acceptors (Lipinski definition) is 5. The first-order valence-corrected chi connectivity index (χ1v) is 9.71. The van der Waals surface area contributed by atoms with Gasteiger partial charge in [0.2, 0.25) is 5.91 Å². The van der Waals surface area contributed by atoms with Crippen LogP contribution in [0.15, 0.2) is 61.3 Å². The SMILES string of the molecule is N#CCC1(n2cc(-c3ncnc4[nH]ccc34)cn2)CN(C(=O)Cc2ccccc2)C1. The zero-order valence-electron chi connectivity index (χ0n) is 16.2. The Morgan fingerprint density at radius 3 is 2.83 bits per heavy atom. The third-order valence-electron chi connectivity index (χ3n) is 5.63. The van der Waals surface area contributed by atoms with Crippen molar-refractivity contribution in [2.24, 2.45) is 0 Å². The van der Waals surface area contributed by atoms with Crippen LogP contribution in [0.25, 0.3) is 22.3 Å². The van der Waals surface area contributed by atoms with Crippen molar-refractivity contribution >= 4 is 16.9 Å². The highest BCUT2D eigenvalue weighted by Crippen LogP contribution is 2.34. The number of nitriles is 1. The first-order valence-electron chi connectivity index (χ1n) is 9.71. The summed E-state index contributed by atoms with van der Waals surface area (Å²) in [5.41, 5.74) is 2.88. The number of carbonyl (C=O) groups excluding carboxylic acids is 1. The first-order chi connectivity index (χ1) is 14.7. The summed E-state index contributed by atoms with van der Waals surface area (Å²) < 4.78 is 1.82. The van der Waals surface area contributed by atoms with E-state index in [1.807, 2.05) is 53.5 Å². The maximum absolute atomic E-state index is 12.7. The van der Waals surface area contributed by atoms with E-state index in [4.69, 9.17) is 0 Å². The van der Waals surface area contributed by atoms with Crippen molar-refractivity contribution in [3.8, 4) is 17.3 Å². The fourth-order valence-electron chi connectivity index (χ4n) is 4.01. The number of aromatic nitrogens is 5. The molecule has 1 N–H and O–H groups in total. The molecule has 0 radical (unpaired) electrons. The standard InChI is InChI=1S/C22H19N7O/c23-8-7-22(13-28(14-22)19(30)10-16-4-2-1-3-5-16)29-12-17(11-27-29)20-18-6-9-24-21(18)26-15-25-20/h1-6,9,11-12,15H,7,10,13-14H2,(H,24,25,26). The summed E-state index contributed by atoms with van der Waals surface area (Å²) >= 11 is 0. The molecule has 4 aromatic rings. The highest BCUT2D eigenvalue weighted by Gasteiger charge is 2.47. The number of hydrogen-bond donors (Lipinski definition) is 1. The number of amides is 1. The molecule has 5 rings (SSSR count). The lowest BCUT2D eigenvalue weighted by atomic mass is 9.86. The average Bonchev–Trinajstić information content (AvgIpc) is 3.40. The number of nitrogens with one attached hydrogen (secondary N) is 1. The van der Waals surface area contributed by atoms with E-state index in [9.17, 15) is 10.1 Å². The normalized spacial score (nSPS) is 15.0. The van der Waals surface area contributed by atoms with Gasteiger partial charge in [0.1, 0.15) is 17.5 Å². The topological polar surface area (TPSA) is 103 Å². The van der Waals surface area contributed by atoms with E-state index in [0.717, 1.165) is 27.9 Å². The summed E-state index contributed by atoms with van der Waals surface area (Å²) in [5, 5.41) is 14.9. The van der Waals surface area contributed by atoms with Gasteiger partial charge in [-0.05, 0) is 11.6 Å². The fourth-order valence-corrected chi connectivity index (χ4v) is 4.01. The number of aromatic amines is 1. The lowest BCUT2D eigenvalue weighted by Crippen LogP contribution is -2.64. The molecule has 4 heterocycles. The van der Waals surface area contributed by atoms with Gasteiger partial charge in [-0.2, -0.15) is 10.4 Å². The van der Waals surface area contributed by atoms with Gasteiger partial charge in [-0.25, -0.2) is 9.97 Å². The Balaban J connectivity index is 1.37. The predicted molar refractivity (Wildman–Crippen MR) is 110 cm³/mol. The quantitative estimate of drug-likeness (QED) is 0.557. The number of nitrogens with zero attached hydrogens (tertiary/aromatic N) is 6. The molecule has 0 bridgehead atoms. The van der Waals surface area contributed by atoms with E-state index >= 15 is 0 Å². The number of benzene rings is 1. The number of carbonyl (C=O) groups is 1. The van der Waals surface area contributed by atoms with E-state index in [1.54, 1.807) is 11.1 Å². The number of rotatable bonds is 5. The molecule has 1 aromatic carbocycles. The smallest absolute Gasteiger partial charge is 0.227 e. The monoisotopic (exact) mass is 397 g/mol. The van der Waals surface area contributed by atoms with Crippen molar-refractivity contribution in [2.45, 2.75) is 18.4 Å². The Hall–Kier alpha value is -3.99. The number of H-pyrrole nitrogens is 1. The van der Waals surface area contributed by atoms with E-state index in [1.165, 1.54) is 6.33 Å². The zero-order chi connectivity index (χ0) is 20.6. The zero-order valence-corrected chi connectivity index (χ0v) is 16.2. The molecular formula is C22H19N7O. The molecule has 1 amide bonds. The summed E-state index contributed by atoms with van der Waals surface area (Å²) in [6.07, 6.45) is 7.65. The fraction of sp³-hybridized carbons (Fsp3) is 0.227. The van der Waals surface area contributed by atoms with E-state index in [2.05, 4.69) is 26.1 Å². The first kappa shape index (κ1) is 18.1. The van der Waals surface area contributed by atoms with Crippen LogP contribution < -0.4 is 0 Å². The van der Waals surface area contributed by atoms with Crippen LogP contribution in [0, 0.1) is 11.3 Å². The van der Waals surface area contributed by atoms with Gasteiger partial charge in [0.05, 0.1) is 30.8 Å². The van der Waals surface area contributed by atoms with E-state index in [0.29, 0.717) is 19.5 Å². The summed E-state index contributed by atoms with van der Waals surface area (Å²) in [7, 11) is 0. The molecule has 0 aliphatic carbocycles. The van der Waals surface area contributed by atoms with E-state index in [-0.39, 0.29) is 12.3 Å². The molecular weight excluding hydrogens is 378 g/mol. The van der Waals surface area contributed by atoms with Gasteiger partial charge in [0, 0.05) is 36.4 Å². The molecule has 1 fully saturated rings. The maximum atomic E-state index is 12.7. The van der Waals surface area contributed by atoms with Crippen molar-refractivity contribution in [1.82, 2.24) is 29.6 Å². The lowest BCUT2D eigenvalue weighted by Gasteiger charge is -2.49. The van der Waals surface area contributed by atoms with Gasteiger partial charge in [0.15, 0.2) is 0 Å². The Bertz CT molecular complexity index is 1250. The molecule has 0 unspecified atom stereocenters. The third kappa shape index (κ3) is 3.01. The van der Waals surface area contributed by atoms with Gasteiger partial charge < -0.3 is 9.88 Å². The maximum Gasteiger partial charge on any atom is 0.227 e. The number of fused-ring (bicyclic) bond motifs is 1. The predicted octanol–water partition coefficient (Wildman–Crippen LogP) is 2.52. The van der Waals surface area contributed by atoms with Crippen LogP contribution in [0.4, 0.5) is 0 Å². The molecule has 1 saturated heterocycles. The lowest BCUT2D eigenvalue weighted by molar-refractivity contribution is -0.141. The largest absolute Gasteiger partial charge is 0.346 e. The Morgan fingerprint density at radius 2 is 2.03 bits per heavy atom. The Kier molecular flexibility index (Phi) is 4.29. The van der Waals surface area contributed by atoms with Crippen molar-refractivity contribution < 1.29 is 4.79 Å². The van der Waals surface area contributed by atoms with Crippen LogP contribution in [0.1, 0.15) is 12.0 Å². The van der Waals surface area contributed by atoms with Crippen molar-refractivity contribution in [3.05, 3.63) is 66.9 Å². The van der Waals surface area contributed by atoms with Crippen LogP contribution in [-0.2, 0) is 16.8 Å². The Labute approximate surface area is 172 Å². The minimum Gasteiger partial charge on any atom is -0.346 e. The van der Waals surface area contributed by atoms with Crippen molar-refractivity contribution in [3.63, 3.8) is 0 Å². The summed E-state index contributed by atoms with van der Waals surface area (Å²) in [6, 6.07) is 13.9.